The van der Waals surface area contributed by atoms with Crippen molar-refractivity contribution in [3.63, 3.8) is 0 Å². The second-order valence-corrected chi connectivity index (χ2v) is 10.8. The number of aliphatic carboxylic acids is 3. The summed E-state index contributed by atoms with van der Waals surface area (Å²) in [7, 11) is 0. The first-order chi connectivity index (χ1) is 14.7. The lowest BCUT2D eigenvalue weighted by Crippen LogP contribution is -2.76. The van der Waals surface area contributed by atoms with Crippen molar-refractivity contribution in [1.29, 1.82) is 0 Å². The lowest BCUT2D eigenvalue weighted by molar-refractivity contribution is -0.276. The van der Waals surface area contributed by atoms with Crippen LogP contribution in [0, 0.1) is 39.9 Å². The molecule has 7 rings (SSSR count). The molecule has 10 atom stereocenters. The van der Waals surface area contributed by atoms with Gasteiger partial charge in [-0.1, -0.05) is 0 Å². The van der Waals surface area contributed by atoms with Crippen molar-refractivity contribution in [2.24, 2.45) is 39.9 Å². The van der Waals surface area contributed by atoms with Crippen molar-refractivity contribution in [3.8, 4) is 0 Å². The Morgan fingerprint density at radius 2 is 1.23 bits per heavy atom. The summed E-state index contributed by atoms with van der Waals surface area (Å²) < 4.78 is 16.3. The van der Waals surface area contributed by atoms with Crippen LogP contribution in [0.1, 0.15) is 38.5 Å². The molecule has 4 saturated carbocycles. The number of rotatable bonds is 9. The van der Waals surface area contributed by atoms with Gasteiger partial charge >= 0.3 is 17.9 Å². The molecule has 0 spiro atoms. The van der Waals surface area contributed by atoms with Crippen LogP contribution in [0.5, 0.6) is 0 Å². The SMILES string of the molecule is O=C(O)C12CC3CC(C(=O)O)(C1CC1CO1)C(CC1CO1)C(C(=O)O)(C2)C3CC1CO1. The minimum absolute atomic E-state index is 0.00575. The molecule has 0 amide bonds. The van der Waals surface area contributed by atoms with Gasteiger partial charge in [0.15, 0.2) is 0 Å². The number of carbonyl (C=O) groups is 3. The molecule has 0 radical (unpaired) electrons. The lowest BCUT2D eigenvalue weighted by Gasteiger charge is -2.72. The van der Waals surface area contributed by atoms with Gasteiger partial charge in [0.05, 0.1) is 54.4 Å². The van der Waals surface area contributed by atoms with E-state index in [0.29, 0.717) is 51.9 Å². The fourth-order valence-electron chi connectivity index (χ4n) is 8.29. The minimum Gasteiger partial charge on any atom is -0.481 e. The van der Waals surface area contributed by atoms with Gasteiger partial charge in [-0.25, -0.2) is 0 Å². The Morgan fingerprint density at radius 1 is 0.710 bits per heavy atom. The molecule has 3 heterocycles. The first kappa shape index (κ1) is 19.9. The fourth-order valence-corrected chi connectivity index (χ4v) is 8.29. The van der Waals surface area contributed by atoms with Crippen LogP contribution in [0.3, 0.4) is 0 Å². The monoisotopic (exact) mass is 436 g/mol. The zero-order valence-corrected chi connectivity index (χ0v) is 17.2. The highest BCUT2D eigenvalue weighted by Gasteiger charge is 2.82. The van der Waals surface area contributed by atoms with E-state index >= 15 is 0 Å². The average Bonchev–Trinajstić information content (AvgIpc) is 3.55. The van der Waals surface area contributed by atoms with E-state index in [1.165, 1.54) is 0 Å². The molecule has 31 heavy (non-hydrogen) atoms. The van der Waals surface area contributed by atoms with Crippen LogP contribution in [0.4, 0.5) is 0 Å². The molecule has 7 fully saturated rings. The molecule has 0 aromatic carbocycles. The van der Waals surface area contributed by atoms with Crippen LogP contribution in [0.15, 0.2) is 0 Å². The summed E-state index contributed by atoms with van der Waals surface area (Å²) in [6, 6.07) is 0. The van der Waals surface area contributed by atoms with Crippen LogP contribution in [-0.2, 0) is 28.6 Å². The first-order valence-electron chi connectivity index (χ1n) is 11.3. The molecular formula is C22H28O9. The van der Waals surface area contributed by atoms with Crippen molar-refractivity contribution in [2.45, 2.75) is 56.8 Å². The Balaban J connectivity index is 1.55. The Bertz CT molecular complexity index is 830. The van der Waals surface area contributed by atoms with E-state index in [1.807, 2.05) is 0 Å². The van der Waals surface area contributed by atoms with Crippen molar-refractivity contribution in [1.82, 2.24) is 0 Å². The summed E-state index contributed by atoms with van der Waals surface area (Å²) in [5.74, 6) is -5.00. The standard InChI is InChI=1S/C22H28O9/c23-17(24)20-4-10-5-21(18(25)26,15(20)2-12-7-30-12)16(3-13-8-31-13)22(9-20,19(27)28)14(10)1-11-6-29-11/h10-16H,1-9H2,(H,23,24)(H,25,26)(H,27,28). The molecule has 4 bridgehead atoms. The van der Waals surface area contributed by atoms with Gasteiger partial charge < -0.3 is 29.5 Å². The summed E-state index contributed by atoms with van der Waals surface area (Å²) in [6.07, 6.45) is 1.64. The lowest BCUT2D eigenvalue weighted by atomic mass is 9.28. The Kier molecular flexibility index (Phi) is 3.99. The van der Waals surface area contributed by atoms with Crippen molar-refractivity contribution in [2.75, 3.05) is 19.8 Å². The Hall–Kier alpha value is -1.71. The smallest absolute Gasteiger partial charge is 0.310 e. The van der Waals surface area contributed by atoms with E-state index in [4.69, 9.17) is 14.2 Å². The van der Waals surface area contributed by atoms with Crippen LogP contribution in [-0.4, -0.2) is 71.4 Å². The highest BCUT2D eigenvalue weighted by molar-refractivity contribution is 5.87. The maximum atomic E-state index is 13.1. The number of hydrogen-bond donors (Lipinski definition) is 3. The van der Waals surface area contributed by atoms with Crippen molar-refractivity contribution < 1.29 is 43.9 Å². The second-order valence-electron chi connectivity index (χ2n) is 10.8. The van der Waals surface area contributed by atoms with E-state index in [0.717, 1.165) is 0 Å². The van der Waals surface area contributed by atoms with E-state index in [-0.39, 0.29) is 36.6 Å². The van der Waals surface area contributed by atoms with Gasteiger partial charge in [-0.3, -0.25) is 14.4 Å². The zero-order valence-electron chi connectivity index (χ0n) is 17.2. The molecule has 170 valence electrons. The Labute approximate surface area is 179 Å². The number of ether oxygens (including phenoxy) is 3. The number of hydrogen-bond acceptors (Lipinski definition) is 6. The quantitative estimate of drug-likeness (QED) is 0.454. The maximum absolute atomic E-state index is 13.1. The van der Waals surface area contributed by atoms with Gasteiger partial charge in [0, 0.05) is 0 Å². The maximum Gasteiger partial charge on any atom is 0.310 e. The molecule has 7 aliphatic rings. The summed E-state index contributed by atoms with van der Waals surface area (Å²) in [6.45, 7) is 1.60. The molecule has 9 heteroatoms. The summed E-state index contributed by atoms with van der Waals surface area (Å²) in [5.41, 5.74) is -4.14. The van der Waals surface area contributed by atoms with Gasteiger partial charge in [0.1, 0.15) is 0 Å². The zero-order chi connectivity index (χ0) is 21.8. The highest BCUT2D eigenvalue weighted by Crippen LogP contribution is 2.78. The van der Waals surface area contributed by atoms with Gasteiger partial charge in [-0.05, 0) is 62.2 Å². The third-order valence-electron chi connectivity index (χ3n) is 9.54. The topological polar surface area (TPSA) is 149 Å². The largest absolute Gasteiger partial charge is 0.481 e. The number of carboxylic acids is 3. The normalized spacial score (nSPS) is 53.2. The van der Waals surface area contributed by atoms with Gasteiger partial charge in [-0.2, -0.15) is 0 Å². The molecule has 3 saturated heterocycles. The molecule has 9 nitrogen and oxygen atoms in total. The summed E-state index contributed by atoms with van der Waals surface area (Å²) in [5, 5.41) is 31.8. The van der Waals surface area contributed by atoms with E-state index < -0.39 is 46.0 Å². The van der Waals surface area contributed by atoms with Crippen LogP contribution >= 0.6 is 0 Å². The van der Waals surface area contributed by atoms with Crippen LogP contribution < -0.4 is 0 Å². The second kappa shape index (κ2) is 6.20. The van der Waals surface area contributed by atoms with Gasteiger partial charge in [0.25, 0.3) is 0 Å². The number of carboxylic acid groups (broad SMARTS) is 3. The third-order valence-corrected chi connectivity index (χ3v) is 9.54. The molecule has 3 aliphatic heterocycles. The Morgan fingerprint density at radius 3 is 1.71 bits per heavy atom. The van der Waals surface area contributed by atoms with E-state index in [2.05, 4.69) is 0 Å². The van der Waals surface area contributed by atoms with Gasteiger partial charge in [0.2, 0.25) is 0 Å². The summed E-state index contributed by atoms with van der Waals surface area (Å²) >= 11 is 0. The fraction of sp³-hybridized carbons (Fsp3) is 0.864. The first-order valence-corrected chi connectivity index (χ1v) is 11.3. The van der Waals surface area contributed by atoms with E-state index in [9.17, 15) is 29.7 Å². The van der Waals surface area contributed by atoms with Crippen molar-refractivity contribution in [3.05, 3.63) is 0 Å². The minimum atomic E-state index is -1.39. The molecule has 0 aromatic heterocycles. The molecule has 0 aromatic rings. The highest BCUT2D eigenvalue weighted by atomic mass is 16.6. The summed E-state index contributed by atoms with van der Waals surface area (Å²) in [4.78, 5) is 38.9. The molecule has 10 unspecified atom stereocenters. The average molecular weight is 436 g/mol. The predicted molar refractivity (Wildman–Crippen MR) is 101 cm³/mol. The number of epoxide rings is 3. The molecule has 3 N–H and O–H groups in total. The third kappa shape index (κ3) is 2.57. The van der Waals surface area contributed by atoms with Crippen LogP contribution in [0.25, 0.3) is 0 Å². The molecule has 4 aliphatic carbocycles. The van der Waals surface area contributed by atoms with Gasteiger partial charge in [-0.15, -0.1) is 0 Å². The van der Waals surface area contributed by atoms with E-state index in [1.54, 1.807) is 0 Å². The van der Waals surface area contributed by atoms with Crippen molar-refractivity contribution >= 4 is 17.9 Å². The predicted octanol–water partition coefficient (Wildman–Crippen LogP) is 1.24. The molecular weight excluding hydrogens is 408 g/mol. The van der Waals surface area contributed by atoms with Crippen LogP contribution in [0.2, 0.25) is 0 Å².